The van der Waals surface area contributed by atoms with Crippen LogP contribution in [0.4, 0.5) is 11.4 Å². The molecule has 0 atom stereocenters. The molecule has 27 heavy (non-hydrogen) atoms. The molecule has 1 N–H and O–H groups in total. The summed E-state index contributed by atoms with van der Waals surface area (Å²) in [5.41, 5.74) is 1.35. The number of para-hydroxylation sites is 2. The quantitative estimate of drug-likeness (QED) is 0.509. The number of imidazole rings is 1. The van der Waals surface area contributed by atoms with E-state index in [-0.39, 0.29) is 29.5 Å². The molecule has 140 valence electrons. The first-order valence-corrected chi connectivity index (χ1v) is 9.95. The van der Waals surface area contributed by atoms with Gasteiger partial charge in [0, 0.05) is 24.1 Å². The Labute approximate surface area is 154 Å². The summed E-state index contributed by atoms with van der Waals surface area (Å²) >= 11 is 0. The highest BCUT2D eigenvalue weighted by molar-refractivity contribution is 7.89. The highest BCUT2D eigenvalue weighted by Crippen LogP contribution is 2.19. The Morgan fingerprint density at radius 1 is 1.22 bits per heavy atom. The van der Waals surface area contributed by atoms with E-state index < -0.39 is 20.7 Å². The smallest absolute Gasteiger partial charge is 0.271 e. The largest absolute Gasteiger partial charge is 0.324 e. The van der Waals surface area contributed by atoms with Crippen molar-refractivity contribution in [2.45, 2.75) is 12.3 Å². The van der Waals surface area contributed by atoms with E-state index in [0.717, 1.165) is 6.26 Å². The second-order valence-electron chi connectivity index (χ2n) is 6.03. The lowest BCUT2D eigenvalue weighted by Crippen LogP contribution is -2.21. The zero-order chi connectivity index (χ0) is 19.6. The number of nitrogens with zero attached hydrogens (tertiary/aromatic N) is 3. The van der Waals surface area contributed by atoms with Crippen LogP contribution in [0.3, 0.4) is 0 Å². The van der Waals surface area contributed by atoms with E-state index in [0.29, 0.717) is 11.0 Å². The van der Waals surface area contributed by atoms with Crippen LogP contribution >= 0.6 is 0 Å². The van der Waals surface area contributed by atoms with Gasteiger partial charge in [0.05, 0.1) is 16.0 Å². The molecule has 1 aromatic heterocycles. The number of anilines is 1. The number of nitro groups is 1. The van der Waals surface area contributed by atoms with Crippen molar-refractivity contribution < 1.29 is 18.1 Å². The third kappa shape index (κ3) is 4.47. The average molecular weight is 388 g/mol. The molecule has 0 aliphatic rings. The van der Waals surface area contributed by atoms with E-state index in [9.17, 15) is 23.3 Å². The number of nitro benzene ring substituents is 1. The molecule has 1 amide bonds. The molecule has 0 saturated heterocycles. The molecule has 10 heteroatoms. The van der Waals surface area contributed by atoms with Crippen molar-refractivity contribution >= 4 is 38.2 Å². The lowest BCUT2D eigenvalue weighted by Gasteiger charge is -2.10. The molecule has 0 aliphatic heterocycles. The summed E-state index contributed by atoms with van der Waals surface area (Å²) in [5, 5.41) is 13.4. The molecule has 0 aliphatic carbocycles. The number of sulfone groups is 1. The van der Waals surface area contributed by atoms with E-state index >= 15 is 0 Å². The second-order valence-corrected chi connectivity index (χ2v) is 8.17. The number of non-ortho nitro benzene ring substituents is 1. The molecule has 1 heterocycles. The summed E-state index contributed by atoms with van der Waals surface area (Å²) in [7, 11) is -3.35. The van der Waals surface area contributed by atoms with Gasteiger partial charge < -0.3 is 9.88 Å². The van der Waals surface area contributed by atoms with Gasteiger partial charge in [-0.1, -0.05) is 18.2 Å². The predicted octanol–water partition coefficient (Wildman–Crippen LogP) is 2.13. The normalized spacial score (nSPS) is 11.4. The van der Waals surface area contributed by atoms with Gasteiger partial charge in [-0.2, -0.15) is 0 Å². The number of benzene rings is 2. The van der Waals surface area contributed by atoms with E-state index in [1.54, 1.807) is 24.3 Å². The van der Waals surface area contributed by atoms with Crippen molar-refractivity contribution in [1.29, 1.82) is 0 Å². The minimum absolute atomic E-state index is 0.140. The number of hydrogen-bond donors (Lipinski definition) is 1. The third-order valence-electron chi connectivity index (χ3n) is 3.77. The van der Waals surface area contributed by atoms with Crippen LogP contribution in [0.2, 0.25) is 0 Å². The van der Waals surface area contributed by atoms with E-state index in [1.807, 2.05) is 0 Å². The van der Waals surface area contributed by atoms with Crippen molar-refractivity contribution in [3.63, 3.8) is 0 Å². The van der Waals surface area contributed by atoms with Crippen molar-refractivity contribution in [3.05, 3.63) is 64.5 Å². The summed E-state index contributed by atoms with van der Waals surface area (Å²) in [5.74, 6) is -0.493. The number of nitrogens with one attached hydrogen (secondary N) is 1. The van der Waals surface area contributed by atoms with Crippen LogP contribution in [0.1, 0.15) is 5.82 Å². The van der Waals surface area contributed by atoms with Crippen LogP contribution in [-0.4, -0.2) is 35.1 Å². The van der Waals surface area contributed by atoms with Gasteiger partial charge >= 0.3 is 0 Å². The standard InChI is InChI=1S/C17H16N4O5S/c1-27(25,26)11-16-19-14-7-2-3-8-15(14)20(16)10-17(22)18-12-5-4-6-13(9-12)21(23)24/h2-9H,10-11H2,1H3,(H,18,22). The molecule has 2 aromatic carbocycles. The van der Waals surface area contributed by atoms with Crippen LogP contribution in [0.25, 0.3) is 11.0 Å². The molecule has 0 unspecified atom stereocenters. The summed E-state index contributed by atoms with van der Waals surface area (Å²) in [6, 6.07) is 12.6. The molecule has 3 rings (SSSR count). The summed E-state index contributed by atoms with van der Waals surface area (Å²) in [6.07, 6.45) is 1.10. The number of hydrogen-bond acceptors (Lipinski definition) is 6. The Hall–Kier alpha value is -3.27. The lowest BCUT2D eigenvalue weighted by atomic mass is 10.3. The number of carbonyl (C=O) groups excluding carboxylic acids is 1. The molecule has 0 saturated carbocycles. The molecular formula is C17H16N4O5S. The van der Waals surface area contributed by atoms with Crippen LogP contribution in [-0.2, 0) is 26.9 Å². The second kappa shape index (κ2) is 7.16. The number of amides is 1. The first kappa shape index (κ1) is 18.5. The van der Waals surface area contributed by atoms with Crippen molar-refractivity contribution in [2.75, 3.05) is 11.6 Å². The van der Waals surface area contributed by atoms with Gasteiger partial charge in [-0.05, 0) is 18.2 Å². The minimum Gasteiger partial charge on any atom is -0.324 e. The maximum Gasteiger partial charge on any atom is 0.271 e. The fourth-order valence-electron chi connectivity index (χ4n) is 2.69. The average Bonchev–Trinajstić information content (AvgIpc) is 2.90. The maximum atomic E-state index is 12.4. The van der Waals surface area contributed by atoms with Gasteiger partial charge in [0.15, 0.2) is 9.84 Å². The van der Waals surface area contributed by atoms with Crippen LogP contribution < -0.4 is 5.32 Å². The maximum absolute atomic E-state index is 12.4. The SMILES string of the molecule is CS(=O)(=O)Cc1nc2ccccc2n1CC(=O)Nc1cccc([N+](=O)[O-])c1. The zero-order valence-electron chi connectivity index (χ0n) is 14.3. The van der Waals surface area contributed by atoms with Crippen LogP contribution in [0.5, 0.6) is 0 Å². The van der Waals surface area contributed by atoms with Crippen molar-refractivity contribution in [3.8, 4) is 0 Å². The summed E-state index contributed by atoms with van der Waals surface area (Å²) < 4.78 is 24.9. The summed E-state index contributed by atoms with van der Waals surface area (Å²) in [4.78, 5) is 27.0. The highest BCUT2D eigenvalue weighted by atomic mass is 32.2. The minimum atomic E-state index is -3.35. The van der Waals surface area contributed by atoms with Gasteiger partial charge in [0.1, 0.15) is 18.1 Å². The Kier molecular flexibility index (Phi) is 4.91. The van der Waals surface area contributed by atoms with Crippen molar-refractivity contribution in [1.82, 2.24) is 9.55 Å². The van der Waals surface area contributed by atoms with Gasteiger partial charge in [-0.15, -0.1) is 0 Å². The van der Waals surface area contributed by atoms with E-state index in [1.165, 1.54) is 28.8 Å². The first-order valence-electron chi connectivity index (χ1n) is 7.89. The lowest BCUT2D eigenvalue weighted by molar-refractivity contribution is -0.384. The van der Waals surface area contributed by atoms with Gasteiger partial charge in [0.2, 0.25) is 5.91 Å². The fourth-order valence-corrected chi connectivity index (χ4v) is 3.38. The molecule has 0 radical (unpaired) electrons. The third-order valence-corrected chi connectivity index (χ3v) is 4.55. The first-order chi connectivity index (χ1) is 12.7. The van der Waals surface area contributed by atoms with Crippen LogP contribution in [0.15, 0.2) is 48.5 Å². The molecule has 3 aromatic rings. The molecular weight excluding hydrogens is 372 g/mol. The molecule has 0 fully saturated rings. The van der Waals surface area contributed by atoms with Gasteiger partial charge in [-0.3, -0.25) is 14.9 Å². The van der Waals surface area contributed by atoms with E-state index in [4.69, 9.17) is 0 Å². The van der Waals surface area contributed by atoms with Gasteiger partial charge in [0.25, 0.3) is 5.69 Å². The van der Waals surface area contributed by atoms with Gasteiger partial charge in [-0.25, -0.2) is 13.4 Å². The monoisotopic (exact) mass is 388 g/mol. The highest BCUT2D eigenvalue weighted by Gasteiger charge is 2.17. The molecule has 9 nitrogen and oxygen atoms in total. The van der Waals surface area contributed by atoms with Crippen LogP contribution in [0, 0.1) is 10.1 Å². The molecule has 0 bridgehead atoms. The number of aromatic nitrogens is 2. The number of rotatable bonds is 6. The number of carbonyl (C=O) groups is 1. The topological polar surface area (TPSA) is 124 Å². The Balaban J connectivity index is 1.89. The number of fused-ring (bicyclic) bond motifs is 1. The van der Waals surface area contributed by atoms with Crippen molar-refractivity contribution in [2.24, 2.45) is 0 Å². The molecule has 0 spiro atoms. The zero-order valence-corrected chi connectivity index (χ0v) is 15.1. The Morgan fingerprint density at radius 3 is 2.67 bits per heavy atom. The predicted molar refractivity (Wildman–Crippen MR) is 100 cm³/mol. The Morgan fingerprint density at radius 2 is 1.96 bits per heavy atom. The fraction of sp³-hybridized carbons (Fsp3) is 0.176. The summed E-state index contributed by atoms with van der Waals surface area (Å²) in [6.45, 7) is -0.173. The Bertz CT molecular complexity index is 1140. The van der Waals surface area contributed by atoms with E-state index in [2.05, 4.69) is 10.3 Å².